The summed E-state index contributed by atoms with van der Waals surface area (Å²) in [5.41, 5.74) is 1.36. The van der Waals surface area contributed by atoms with Crippen LogP contribution in [0.15, 0.2) is 43.1 Å². The lowest BCUT2D eigenvalue weighted by Gasteiger charge is -2.25. The Balaban J connectivity index is 1.64. The van der Waals surface area contributed by atoms with Crippen LogP contribution in [0.3, 0.4) is 0 Å². The lowest BCUT2D eigenvalue weighted by atomic mass is 10.0. The Labute approximate surface area is 113 Å². The summed E-state index contributed by atoms with van der Waals surface area (Å²) in [5.74, 6) is 1.01. The van der Waals surface area contributed by atoms with Gasteiger partial charge in [0.15, 0.2) is 0 Å². The second-order valence-electron chi connectivity index (χ2n) is 4.95. The van der Waals surface area contributed by atoms with E-state index in [9.17, 15) is 0 Å². The average molecular weight is 254 g/mol. The molecule has 4 nitrogen and oxygen atoms in total. The summed E-state index contributed by atoms with van der Waals surface area (Å²) in [5, 5.41) is 0. The van der Waals surface area contributed by atoms with Crippen molar-refractivity contribution >= 4 is 5.82 Å². The molecule has 0 spiro atoms. The molecule has 0 amide bonds. The molecular formula is C15H18N4. The second kappa shape index (κ2) is 5.78. The predicted molar refractivity (Wildman–Crippen MR) is 75.0 cm³/mol. The third-order valence-electron chi connectivity index (χ3n) is 3.74. The minimum atomic E-state index is 0.588. The molecule has 0 radical (unpaired) electrons. The molecule has 0 aliphatic carbocycles. The smallest absolute Gasteiger partial charge is 0.147 e. The highest BCUT2D eigenvalue weighted by atomic mass is 15.2. The molecule has 0 unspecified atom stereocenters. The minimum Gasteiger partial charge on any atom is -0.352 e. The topological polar surface area (TPSA) is 41.9 Å². The fourth-order valence-electron chi connectivity index (χ4n) is 2.76. The number of pyridine rings is 1. The van der Waals surface area contributed by atoms with E-state index in [1.54, 1.807) is 12.4 Å². The molecule has 3 heterocycles. The fourth-order valence-corrected chi connectivity index (χ4v) is 2.76. The van der Waals surface area contributed by atoms with E-state index >= 15 is 0 Å². The van der Waals surface area contributed by atoms with Crippen molar-refractivity contribution in [1.29, 1.82) is 0 Å². The quantitative estimate of drug-likeness (QED) is 0.840. The van der Waals surface area contributed by atoms with Crippen molar-refractivity contribution in [1.82, 2.24) is 15.0 Å². The van der Waals surface area contributed by atoms with Crippen LogP contribution in [-0.2, 0) is 6.42 Å². The molecule has 0 saturated carbocycles. The molecule has 1 fully saturated rings. The van der Waals surface area contributed by atoms with Crippen molar-refractivity contribution in [3.05, 3.63) is 48.7 Å². The van der Waals surface area contributed by atoms with Gasteiger partial charge < -0.3 is 4.90 Å². The highest BCUT2D eigenvalue weighted by Crippen LogP contribution is 2.25. The maximum atomic E-state index is 4.42. The number of rotatable bonds is 4. The van der Waals surface area contributed by atoms with Gasteiger partial charge in [-0.05, 0) is 43.4 Å². The summed E-state index contributed by atoms with van der Waals surface area (Å²) in [6.45, 7) is 1.10. The zero-order chi connectivity index (χ0) is 12.9. The van der Waals surface area contributed by atoms with E-state index in [0.29, 0.717) is 6.04 Å². The van der Waals surface area contributed by atoms with E-state index in [1.807, 2.05) is 18.6 Å². The van der Waals surface area contributed by atoms with Crippen molar-refractivity contribution < 1.29 is 0 Å². The fraction of sp³-hybridized carbons (Fsp3) is 0.400. The van der Waals surface area contributed by atoms with Gasteiger partial charge in [0.25, 0.3) is 0 Å². The van der Waals surface area contributed by atoms with E-state index in [-0.39, 0.29) is 0 Å². The molecule has 2 aromatic rings. The number of anilines is 1. The zero-order valence-electron chi connectivity index (χ0n) is 10.9. The lowest BCUT2D eigenvalue weighted by molar-refractivity contribution is 0.605. The van der Waals surface area contributed by atoms with Gasteiger partial charge in [0.05, 0.1) is 6.20 Å². The van der Waals surface area contributed by atoms with Gasteiger partial charge in [-0.2, -0.15) is 0 Å². The van der Waals surface area contributed by atoms with Crippen LogP contribution in [0.1, 0.15) is 24.8 Å². The summed E-state index contributed by atoms with van der Waals surface area (Å²) < 4.78 is 0. The summed E-state index contributed by atoms with van der Waals surface area (Å²) in [7, 11) is 0. The lowest BCUT2D eigenvalue weighted by Crippen LogP contribution is -2.30. The Bertz CT molecular complexity index is 500. The number of hydrogen-bond acceptors (Lipinski definition) is 4. The van der Waals surface area contributed by atoms with Gasteiger partial charge in [0.2, 0.25) is 0 Å². The molecular weight excluding hydrogens is 236 g/mol. The van der Waals surface area contributed by atoms with E-state index in [2.05, 4.69) is 32.0 Å². The maximum absolute atomic E-state index is 4.42. The van der Waals surface area contributed by atoms with Crippen LogP contribution in [-0.4, -0.2) is 27.5 Å². The van der Waals surface area contributed by atoms with Gasteiger partial charge in [-0.3, -0.25) is 9.97 Å². The Morgan fingerprint density at radius 1 is 1.11 bits per heavy atom. The van der Waals surface area contributed by atoms with Crippen LogP contribution in [0, 0.1) is 0 Å². The van der Waals surface area contributed by atoms with Gasteiger partial charge in [0.1, 0.15) is 5.82 Å². The van der Waals surface area contributed by atoms with Crippen LogP contribution in [0.2, 0.25) is 0 Å². The first-order valence-electron chi connectivity index (χ1n) is 6.85. The average Bonchev–Trinajstić information content (AvgIpc) is 2.95. The molecule has 0 aromatic carbocycles. The summed E-state index contributed by atoms with van der Waals surface area (Å²) >= 11 is 0. The Kier molecular flexibility index (Phi) is 3.68. The van der Waals surface area contributed by atoms with E-state index < -0.39 is 0 Å². The molecule has 98 valence electrons. The predicted octanol–water partition coefficient (Wildman–Crippen LogP) is 2.47. The normalized spacial score (nSPS) is 18.7. The number of aromatic nitrogens is 3. The van der Waals surface area contributed by atoms with Gasteiger partial charge >= 0.3 is 0 Å². The molecule has 0 N–H and O–H groups in total. The van der Waals surface area contributed by atoms with Crippen LogP contribution >= 0.6 is 0 Å². The van der Waals surface area contributed by atoms with Gasteiger partial charge in [-0.25, -0.2) is 4.98 Å². The molecule has 3 rings (SSSR count). The summed E-state index contributed by atoms with van der Waals surface area (Å²) in [4.78, 5) is 15.0. The van der Waals surface area contributed by atoms with Gasteiger partial charge in [0, 0.05) is 37.4 Å². The SMILES string of the molecule is c1cc(CC[C@@H]2CCCN2c2cnccn2)ccn1. The standard InChI is InChI=1S/C15H18N4/c1-2-14(4-3-13-5-7-16-8-6-13)19(11-1)15-12-17-9-10-18-15/h5-10,12,14H,1-4,11H2/t14-/m0/s1. The molecule has 1 saturated heterocycles. The molecule has 2 aromatic heterocycles. The molecule has 0 bridgehead atoms. The Morgan fingerprint density at radius 2 is 2.00 bits per heavy atom. The van der Waals surface area contributed by atoms with Crippen molar-refractivity contribution in [2.45, 2.75) is 31.7 Å². The van der Waals surface area contributed by atoms with Crippen molar-refractivity contribution in [2.75, 3.05) is 11.4 Å². The molecule has 19 heavy (non-hydrogen) atoms. The molecule has 1 aliphatic rings. The van der Waals surface area contributed by atoms with Crippen molar-refractivity contribution in [3.8, 4) is 0 Å². The molecule has 1 atom stereocenters. The van der Waals surface area contributed by atoms with E-state index in [4.69, 9.17) is 0 Å². The third-order valence-corrected chi connectivity index (χ3v) is 3.74. The first-order valence-corrected chi connectivity index (χ1v) is 6.85. The summed E-state index contributed by atoms with van der Waals surface area (Å²) in [6, 6.07) is 4.79. The highest BCUT2D eigenvalue weighted by molar-refractivity contribution is 5.38. The van der Waals surface area contributed by atoms with Crippen LogP contribution < -0.4 is 4.90 Å². The zero-order valence-corrected chi connectivity index (χ0v) is 10.9. The largest absolute Gasteiger partial charge is 0.352 e. The van der Waals surface area contributed by atoms with E-state index in [0.717, 1.165) is 18.8 Å². The third kappa shape index (κ3) is 2.89. The van der Waals surface area contributed by atoms with E-state index in [1.165, 1.54) is 24.8 Å². The molecule has 4 heteroatoms. The van der Waals surface area contributed by atoms with Crippen molar-refractivity contribution in [2.24, 2.45) is 0 Å². The summed E-state index contributed by atoms with van der Waals surface area (Å²) in [6.07, 6.45) is 13.9. The number of aryl methyl sites for hydroxylation is 1. The minimum absolute atomic E-state index is 0.588. The van der Waals surface area contributed by atoms with Crippen LogP contribution in [0.5, 0.6) is 0 Å². The first-order chi connectivity index (χ1) is 9.43. The maximum Gasteiger partial charge on any atom is 0.147 e. The molecule has 1 aliphatic heterocycles. The van der Waals surface area contributed by atoms with Crippen LogP contribution in [0.25, 0.3) is 0 Å². The monoisotopic (exact) mass is 254 g/mol. The highest BCUT2D eigenvalue weighted by Gasteiger charge is 2.25. The van der Waals surface area contributed by atoms with Crippen LogP contribution in [0.4, 0.5) is 5.82 Å². The van der Waals surface area contributed by atoms with Crippen molar-refractivity contribution in [3.63, 3.8) is 0 Å². The number of hydrogen-bond donors (Lipinski definition) is 0. The number of nitrogens with zero attached hydrogens (tertiary/aromatic N) is 4. The Hall–Kier alpha value is -1.97. The first kappa shape index (κ1) is 12.1. The second-order valence-corrected chi connectivity index (χ2v) is 4.95. The van der Waals surface area contributed by atoms with Gasteiger partial charge in [-0.1, -0.05) is 0 Å². The van der Waals surface area contributed by atoms with Gasteiger partial charge in [-0.15, -0.1) is 0 Å². The Morgan fingerprint density at radius 3 is 2.79 bits per heavy atom.